The smallest absolute Gasteiger partial charge is 0.114 e. The van der Waals surface area contributed by atoms with E-state index in [9.17, 15) is 0 Å². The fourth-order valence-electron chi connectivity index (χ4n) is 2.19. The maximum Gasteiger partial charge on any atom is 0.114 e. The first kappa shape index (κ1) is 10.7. The minimum absolute atomic E-state index is 0.167. The standard InChI is InChI=1S/C13H19NO/c1-9-5-7-11(8-6-9)12-10(2)14-13(3,4)15-12/h5-8,10,12,14H,1-4H3/t10-,12+/m1/s1. The predicted molar refractivity (Wildman–Crippen MR) is 61.7 cm³/mol. The van der Waals surface area contributed by atoms with E-state index in [1.165, 1.54) is 11.1 Å². The van der Waals surface area contributed by atoms with Gasteiger partial charge in [0.15, 0.2) is 0 Å². The Bertz CT molecular complexity index is 342. The molecule has 2 rings (SSSR count). The molecule has 0 aromatic heterocycles. The van der Waals surface area contributed by atoms with E-state index in [1.54, 1.807) is 0 Å². The third kappa shape index (κ3) is 2.21. The molecule has 2 nitrogen and oxygen atoms in total. The van der Waals surface area contributed by atoms with Gasteiger partial charge in [-0.3, -0.25) is 5.32 Å². The third-order valence-electron chi connectivity index (χ3n) is 2.86. The lowest BCUT2D eigenvalue weighted by atomic mass is 10.0. The highest BCUT2D eigenvalue weighted by Crippen LogP contribution is 2.32. The van der Waals surface area contributed by atoms with Crippen LogP contribution < -0.4 is 5.32 Å². The minimum Gasteiger partial charge on any atom is -0.352 e. The zero-order valence-corrected chi connectivity index (χ0v) is 9.87. The molecule has 1 saturated heterocycles. The number of hydrogen-bond donors (Lipinski definition) is 1. The second-order valence-corrected chi connectivity index (χ2v) is 4.89. The van der Waals surface area contributed by atoms with E-state index >= 15 is 0 Å². The molecule has 0 unspecified atom stereocenters. The van der Waals surface area contributed by atoms with E-state index in [-0.39, 0.29) is 11.8 Å². The van der Waals surface area contributed by atoms with E-state index in [0.717, 1.165) is 0 Å². The molecule has 1 N–H and O–H groups in total. The first-order valence-electron chi connectivity index (χ1n) is 5.50. The SMILES string of the molecule is Cc1ccc([C@H]2OC(C)(C)N[C@@H]2C)cc1. The van der Waals surface area contributed by atoms with Crippen LogP contribution in [0.1, 0.15) is 38.0 Å². The van der Waals surface area contributed by atoms with Crippen molar-refractivity contribution in [2.75, 3.05) is 0 Å². The second kappa shape index (κ2) is 3.62. The van der Waals surface area contributed by atoms with Gasteiger partial charge in [0.1, 0.15) is 5.72 Å². The lowest BCUT2D eigenvalue weighted by Crippen LogP contribution is -2.36. The topological polar surface area (TPSA) is 21.3 Å². The van der Waals surface area contributed by atoms with Crippen LogP contribution in [0.15, 0.2) is 24.3 Å². The van der Waals surface area contributed by atoms with Gasteiger partial charge in [0.05, 0.1) is 6.10 Å². The molecule has 2 atom stereocenters. The average molecular weight is 205 g/mol. The minimum atomic E-state index is -0.213. The van der Waals surface area contributed by atoms with Gasteiger partial charge in [-0.25, -0.2) is 0 Å². The highest BCUT2D eigenvalue weighted by Gasteiger charge is 2.37. The molecule has 1 aliphatic rings. The number of nitrogens with one attached hydrogen (secondary N) is 1. The number of hydrogen-bond acceptors (Lipinski definition) is 2. The number of aryl methyl sites for hydroxylation is 1. The summed E-state index contributed by atoms with van der Waals surface area (Å²) in [4.78, 5) is 0. The summed E-state index contributed by atoms with van der Waals surface area (Å²) in [6, 6.07) is 8.94. The van der Waals surface area contributed by atoms with Crippen LogP contribution in [0.5, 0.6) is 0 Å². The van der Waals surface area contributed by atoms with Gasteiger partial charge in [0.25, 0.3) is 0 Å². The molecule has 0 bridgehead atoms. The zero-order chi connectivity index (χ0) is 11.1. The van der Waals surface area contributed by atoms with Crippen LogP contribution in [-0.2, 0) is 4.74 Å². The third-order valence-corrected chi connectivity index (χ3v) is 2.86. The van der Waals surface area contributed by atoms with Crippen LogP contribution in [0.3, 0.4) is 0 Å². The molecule has 0 radical (unpaired) electrons. The summed E-state index contributed by atoms with van der Waals surface area (Å²) in [6.45, 7) is 8.40. The Morgan fingerprint density at radius 3 is 2.27 bits per heavy atom. The van der Waals surface area contributed by atoms with E-state index in [0.29, 0.717) is 6.04 Å². The van der Waals surface area contributed by atoms with E-state index in [1.807, 2.05) is 0 Å². The van der Waals surface area contributed by atoms with Gasteiger partial charge in [0.2, 0.25) is 0 Å². The molecular formula is C13H19NO. The first-order chi connectivity index (χ1) is 6.98. The van der Waals surface area contributed by atoms with Crippen LogP contribution in [0.2, 0.25) is 0 Å². The molecule has 2 heteroatoms. The van der Waals surface area contributed by atoms with Crippen molar-refractivity contribution >= 4 is 0 Å². The number of ether oxygens (including phenoxy) is 1. The number of rotatable bonds is 1. The first-order valence-corrected chi connectivity index (χ1v) is 5.50. The highest BCUT2D eigenvalue weighted by atomic mass is 16.5. The summed E-state index contributed by atoms with van der Waals surface area (Å²) in [5.41, 5.74) is 2.33. The van der Waals surface area contributed by atoms with Gasteiger partial charge < -0.3 is 4.74 Å². The monoisotopic (exact) mass is 205 g/mol. The maximum absolute atomic E-state index is 5.98. The Hall–Kier alpha value is -0.860. The lowest BCUT2D eigenvalue weighted by Gasteiger charge is -2.18. The summed E-state index contributed by atoms with van der Waals surface area (Å²) in [7, 11) is 0. The molecule has 0 spiro atoms. The molecule has 0 saturated carbocycles. The van der Waals surface area contributed by atoms with E-state index in [4.69, 9.17) is 4.74 Å². The van der Waals surface area contributed by atoms with Crippen molar-refractivity contribution < 1.29 is 4.74 Å². The summed E-state index contributed by atoms with van der Waals surface area (Å²) < 4.78 is 5.98. The van der Waals surface area contributed by atoms with Gasteiger partial charge in [-0.2, -0.15) is 0 Å². The Morgan fingerprint density at radius 1 is 1.20 bits per heavy atom. The van der Waals surface area contributed by atoms with Crippen molar-refractivity contribution in [1.29, 1.82) is 0 Å². The van der Waals surface area contributed by atoms with Gasteiger partial charge in [-0.05, 0) is 33.3 Å². The number of benzene rings is 1. The summed E-state index contributed by atoms with van der Waals surface area (Å²) in [6.07, 6.45) is 0.167. The Kier molecular flexibility index (Phi) is 2.57. The van der Waals surface area contributed by atoms with Crippen LogP contribution in [0.25, 0.3) is 0 Å². The van der Waals surface area contributed by atoms with Crippen molar-refractivity contribution in [3.05, 3.63) is 35.4 Å². The fourth-order valence-corrected chi connectivity index (χ4v) is 2.19. The van der Waals surface area contributed by atoms with Crippen molar-refractivity contribution in [2.24, 2.45) is 0 Å². The van der Waals surface area contributed by atoms with Crippen LogP contribution in [0, 0.1) is 6.92 Å². The van der Waals surface area contributed by atoms with E-state index in [2.05, 4.69) is 57.3 Å². The normalized spacial score (nSPS) is 29.3. The molecule has 15 heavy (non-hydrogen) atoms. The zero-order valence-electron chi connectivity index (χ0n) is 9.87. The van der Waals surface area contributed by atoms with Crippen LogP contribution in [-0.4, -0.2) is 11.8 Å². The Morgan fingerprint density at radius 2 is 1.80 bits per heavy atom. The molecule has 1 fully saturated rings. The quantitative estimate of drug-likeness (QED) is 0.761. The molecule has 0 aliphatic carbocycles. The molecular weight excluding hydrogens is 186 g/mol. The molecule has 1 aromatic rings. The predicted octanol–water partition coefficient (Wildman–Crippen LogP) is 2.78. The Balaban J connectivity index is 2.21. The second-order valence-electron chi connectivity index (χ2n) is 4.89. The van der Waals surface area contributed by atoms with Crippen molar-refractivity contribution in [1.82, 2.24) is 5.32 Å². The van der Waals surface area contributed by atoms with Crippen molar-refractivity contribution in [2.45, 2.75) is 45.6 Å². The van der Waals surface area contributed by atoms with Gasteiger partial charge in [-0.1, -0.05) is 29.8 Å². The van der Waals surface area contributed by atoms with Crippen LogP contribution >= 0.6 is 0 Å². The van der Waals surface area contributed by atoms with Gasteiger partial charge in [-0.15, -0.1) is 0 Å². The molecule has 82 valence electrons. The molecule has 0 amide bonds. The summed E-state index contributed by atoms with van der Waals surface area (Å²) in [5.74, 6) is 0. The van der Waals surface area contributed by atoms with Crippen molar-refractivity contribution in [3.8, 4) is 0 Å². The van der Waals surface area contributed by atoms with Crippen LogP contribution in [0.4, 0.5) is 0 Å². The van der Waals surface area contributed by atoms with Gasteiger partial charge >= 0.3 is 0 Å². The maximum atomic E-state index is 5.98. The molecule has 1 heterocycles. The molecule has 1 aromatic carbocycles. The van der Waals surface area contributed by atoms with Gasteiger partial charge in [0, 0.05) is 6.04 Å². The average Bonchev–Trinajstić information content (AvgIpc) is 2.41. The summed E-state index contributed by atoms with van der Waals surface area (Å²) >= 11 is 0. The highest BCUT2D eigenvalue weighted by molar-refractivity contribution is 5.25. The molecule has 1 aliphatic heterocycles. The Labute approximate surface area is 91.6 Å². The largest absolute Gasteiger partial charge is 0.352 e. The lowest BCUT2D eigenvalue weighted by molar-refractivity contribution is -0.0259. The fraction of sp³-hybridized carbons (Fsp3) is 0.538. The van der Waals surface area contributed by atoms with Crippen molar-refractivity contribution in [3.63, 3.8) is 0 Å². The summed E-state index contributed by atoms with van der Waals surface area (Å²) in [5, 5.41) is 3.43. The van der Waals surface area contributed by atoms with E-state index < -0.39 is 0 Å².